The molecule has 3 aliphatic heterocycles. The number of hydrogen-bond donors (Lipinski definition) is 2. The van der Waals surface area contributed by atoms with Crippen LogP contribution >= 0.6 is 0 Å². The number of aryl methyl sites for hydroxylation is 1. The van der Waals surface area contributed by atoms with Crippen LogP contribution in [0.25, 0.3) is 22.3 Å². The van der Waals surface area contributed by atoms with E-state index in [1.54, 1.807) is 0 Å². The Morgan fingerprint density at radius 1 is 1.00 bits per heavy atom. The fourth-order valence-corrected chi connectivity index (χ4v) is 5.77. The molecular formula is C31H33N9O. The normalized spacial score (nSPS) is 18.5. The van der Waals surface area contributed by atoms with Crippen LogP contribution in [-0.4, -0.2) is 66.3 Å². The van der Waals surface area contributed by atoms with Gasteiger partial charge in [-0.1, -0.05) is 18.2 Å². The number of anilines is 3. The summed E-state index contributed by atoms with van der Waals surface area (Å²) in [6, 6.07) is 19.2. The van der Waals surface area contributed by atoms with Crippen LogP contribution in [0, 0.1) is 6.92 Å². The number of fused-ring (bicyclic) bond motifs is 3. The number of piperidine rings is 1. The summed E-state index contributed by atoms with van der Waals surface area (Å²) < 4.78 is 5.69. The van der Waals surface area contributed by atoms with Gasteiger partial charge in [-0.05, 0) is 57.0 Å². The van der Waals surface area contributed by atoms with Crippen molar-refractivity contribution < 1.29 is 4.74 Å². The van der Waals surface area contributed by atoms with E-state index in [0.717, 1.165) is 59.2 Å². The number of nitrogens with one attached hydrogen (secondary N) is 2. The maximum absolute atomic E-state index is 5.69. The quantitative estimate of drug-likeness (QED) is 0.274. The first-order valence-corrected chi connectivity index (χ1v) is 14.1. The summed E-state index contributed by atoms with van der Waals surface area (Å²) in [5.41, 5.74) is 3.94. The van der Waals surface area contributed by atoms with Crippen LogP contribution in [0.3, 0.4) is 0 Å². The number of aromatic amines is 1. The van der Waals surface area contributed by atoms with Gasteiger partial charge in [-0.2, -0.15) is 5.10 Å². The summed E-state index contributed by atoms with van der Waals surface area (Å²) in [6.07, 6.45) is 5.18. The molecule has 0 radical (unpaired) electrons. The van der Waals surface area contributed by atoms with Gasteiger partial charge in [0.15, 0.2) is 11.6 Å². The second kappa shape index (κ2) is 10.4. The number of pyridine rings is 2. The topological polar surface area (TPSA) is 108 Å². The Hall–Kier alpha value is -4.57. The molecule has 1 aromatic carbocycles. The first-order chi connectivity index (χ1) is 20.0. The van der Waals surface area contributed by atoms with Gasteiger partial charge >= 0.3 is 0 Å². The van der Waals surface area contributed by atoms with Crippen molar-refractivity contribution in [2.45, 2.75) is 51.9 Å². The molecule has 4 aromatic heterocycles. The zero-order valence-corrected chi connectivity index (χ0v) is 23.5. The summed E-state index contributed by atoms with van der Waals surface area (Å²) in [5, 5.41) is 11.6. The lowest BCUT2D eigenvalue weighted by atomic mass is 9.87. The first kappa shape index (κ1) is 25.4. The van der Waals surface area contributed by atoms with Crippen molar-refractivity contribution in [2.75, 3.05) is 23.3 Å². The highest BCUT2D eigenvalue weighted by Gasteiger charge is 2.44. The molecule has 0 amide bonds. The van der Waals surface area contributed by atoms with E-state index >= 15 is 0 Å². The third-order valence-electron chi connectivity index (χ3n) is 7.75. The maximum Gasteiger partial charge on any atom is 0.213 e. The third kappa shape index (κ3) is 5.18. The second-order valence-corrected chi connectivity index (χ2v) is 11.2. The van der Waals surface area contributed by atoms with Gasteiger partial charge in [-0.25, -0.2) is 19.9 Å². The number of para-hydroxylation sites is 1. The van der Waals surface area contributed by atoms with E-state index in [1.165, 1.54) is 12.0 Å². The van der Waals surface area contributed by atoms with Gasteiger partial charge in [-0.3, -0.25) is 10.00 Å². The van der Waals surface area contributed by atoms with Crippen LogP contribution in [0.5, 0.6) is 5.88 Å². The molecule has 0 spiro atoms. The highest BCUT2D eigenvalue weighted by atomic mass is 16.5. The van der Waals surface area contributed by atoms with Crippen molar-refractivity contribution in [3.8, 4) is 17.3 Å². The van der Waals surface area contributed by atoms with E-state index in [2.05, 4.69) is 48.5 Å². The van der Waals surface area contributed by atoms with E-state index < -0.39 is 0 Å². The van der Waals surface area contributed by atoms with Gasteiger partial charge < -0.3 is 15.0 Å². The van der Waals surface area contributed by atoms with Crippen molar-refractivity contribution in [3.05, 3.63) is 78.2 Å². The van der Waals surface area contributed by atoms with E-state index in [4.69, 9.17) is 19.7 Å². The van der Waals surface area contributed by atoms with Crippen LogP contribution in [-0.2, 0) is 6.54 Å². The zero-order chi connectivity index (χ0) is 27.9. The smallest absolute Gasteiger partial charge is 0.213 e. The van der Waals surface area contributed by atoms with E-state index in [9.17, 15) is 0 Å². The number of rotatable bonds is 8. The molecule has 3 aliphatic rings. The zero-order valence-electron chi connectivity index (χ0n) is 23.5. The van der Waals surface area contributed by atoms with Crippen molar-refractivity contribution in [1.82, 2.24) is 35.0 Å². The monoisotopic (exact) mass is 547 g/mol. The molecule has 0 saturated carbocycles. The Morgan fingerprint density at radius 3 is 2.56 bits per heavy atom. The molecule has 2 N–H and O–H groups in total. The van der Waals surface area contributed by atoms with E-state index in [-0.39, 0.29) is 6.10 Å². The third-order valence-corrected chi connectivity index (χ3v) is 7.75. The number of ether oxygens (including phenoxy) is 1. The molecule has 0 aliphatic carbocycles. The average Bonchev–Trinajstić information content (AvgIpc) is 3.40. The number of H-pyrrole nitrogens is 1. The Morgan fingerprint density at radius 2 is 1.85 bits per heavy atom. The maximum atomic E-state index is 5.69. The molecule has 2 bridgehead atoms. The van der Waals surface area contributed by atoms with Crippen LogP contribution in [0.15, 0.2) is 67.0 Å². The lowest BCUT2D eigenvalue weighted by molar-refractivity contribution is -0.00877. The SMILES string of the molecule is Cc1cc(Nc2nc(-c3ccc(N4CC5CC(C4)N5Cc4ccc(OC(C)C)nc4)nc3)nc3ccccc23)n[nH]1. The predicted octanol–water partition coefficient (Wildman–Crippen LogP) is 5.11. The lowest BCUT2D eigenvalue weighted by Crippen LogP contribution is -2.68. The standard InChI is InChI=1S/C31H33N9O/c1-19(2)41-29-11-8-21(14-33-29)16-40-23-13-24(40)18-39(17-23)28-10-9-22(15-32-28)30-34-26-7-5-4-6-25(26)31(36-30)35-27-12-20(3)37-38-27/h4-12,14-15,19,23-24H,13,16-18H2,1-3H3,(H2,34,35,36,37,38). The van der Waals surface area contributed by atoms with Gasteiger partial charge in [0.05, 0.1) is 11.6 Å². The number of nitrogens with zero attached hydrogens (tertiary/aromatic N) is 7. The van der Waals surface area contributed by atoms with Gasteiger partial charge in [0.2, 0.25) is 5.88 Å². The largest absolute Gasteiger partial charge is 0.475 e. The summed E-state index contributed by atoms with van der Waals surface area (Å²) in [4.78, 5) is 24.0. The molecule has 41 heavy (non-hydrogen) atoms. The predicted molar refractivity (Wildman–Crippen MR) is 159 cm³/mol. The van der Waals surface area contributed by atoms with Crippen LogP contribution < -0.4 is 15.0 Å². The molecule has 208 valence electrons. The molecule has 3 fully saturated rings. The van der Waals surface area contributed by atoms with Crippen LogP contribution in [0.2, 0.25) is 0 Å². The molecule has 2 unspecified atom stereocenters. The minimum absolute atomic E-state index is 0.128. The van der Waals surface area contributed by atoms with Gasteiger partial charge in [0.25, 0.3) is 0 Å². The molecule has 5 aromatic rings. The van der Waals surface area contributed by atoms with Crippen molar-refractivity contribution in [3.63, 3.8) is 0 Å². The Bertz CT molecular complexity index is 1650. The molecule has 10 nitrogen and oxygen atoms in total. The molecular weight excluding hydrogens is 514 g/mol. The Balaban J connectivity index is 1.04. The van der Waals surface area contributed by atoms with Crippen LogP contribution in [0.4, 0.5) is 17.5 Å². The number of hydrogen-bond acceptors (Lipinski definition) is 9. The Labute approximate surface area is 238 Å². The summed E-state index contributed by atoms with van der Waals surface area (Å²) >= 11 is 0. The highest BCUT2D eigenvalue weighted by molar-refractivity contribution is 5.92. The van der Waals surface area contributed by atoms with Gasteiger partial charge in [0.1, 0.15) is 11.6 Å². The molecule has 8 rings (SSSR count). The Kier molecular flexibility index (Phi) is 6.47. The molecule has 10 heteroatoms. The van der Waals surface area contributed by atoms with E-state index in [0.29, 0.717) is 23.8 Å². The van der Waals surface area contributed by atoms with Crippen molar-refractivity contribution in [1.29, 1.82) is 0 Å². The van der Waals surface area contributed by atoms with Crippen LogP contribution in [0.1, 0.15) is 31.5 Å². The van der Waals surface area contributed by atoms with Crippen molar-refractivity contribution in [2.24, 2.45) is 0 Å². The number of piperazine rings is 1. The number of aromatic nitrogens is 6. The minimum atomic E-state index is 0.128. The van der Waals surface area contributed by atoms with Crippen molar-refractivity contribution >= 4 is 28.4 Å². The van der Waals surface area contributed by atoms with Gasteiger partial charge in [0, 0.05) is 72.9 Å². The average molecular weight is 548 g/mol. The summed E-state index contributed by atoms with van der Waals surface area (Å²) in [7, 11) is 0. The summed E-state index contributed by atoms with van der Waals surface area (Å²) in [6.45, 7) is 8.85. The molecule has 7 heterocycles. The van der Waals surface area contributed by atoms with E-state index in [1.807, 2.05) is 69.6 Å². The first-order valence-electron chi connectivity index (χ1n) is 14.1. The number of benzene rings is 1. The summed E-state index contributed by atoms with van der Waals surface area (Å²) in [5.74, 6) is 3.74. The minimum Gasteiger partial charge on any atom is -0.475 e. The molecule has 3 saturated heterocycles. The highest BCUT2D eigenvalue weighted by Crippen LogP contribution is 2.36. The fourth-order valence-electron chi connectivity index (χ4n) is 5.77. The van der Waals surface area contributed by atoms with Gasteiger partial charge in [-0.15, -0.1) is 0 Å². The fraction of sp³-hybridized carbons (Fsp3) is 0.323. The second-order valence-electron chi connectivity index (χ2n) is 11.2. The lowest BCUT2D eigenvalue weighted by Gasteiger charge is -2.56. The molecule has 2 atom stereocenters.